The van der Waals surface area contributed by atoms with Gasteiger partial charge in [0.1, 0.15) is 5.75 Å². The minimum Gasteiger partial charge on any atom is -0.497 e. The highest BCUT2D eigenvalue weighted by Crippen LogP contribution is 2.27. The van der Waals surface area contributed by atoms with E-state index in [1.54, 1.807) is 18.4 Å². The number of hydrogen-bond acceptors (Lipinski definition) is 6. The Morgan fingerprint density at radius 2 is 2.08 bits per heavy atom. The molecule has 0 saturated heterocycles. The largest absolute Gasteiger partial charge is 0.497 e. The molecule has 2 aromatic heterocycles. The standard InChI is InChI=1S/C19H27N5OS/c1-19(2,3)16-12-24-18(21-16)26-17(22-24)20-11-15(23(4)5)13-8-7-9-14(10-13)25-6/h7-10,12,15H,11H2,1-6H3,(H,20,22)/t15-/m0/s1. The Balaban J connectivity index is 1.75. The van der Waals surface area contributed by atoms with Crippen LogP contribution in [0.1, 0.15) is 38.1 Å². The summed E-state index contributed by atoms with van der Waals surface area (Å²) in [6, 6.07) is 8.41. The van der Waals surface area contributed by atoms with Crippen molar-refractivity contribution in [3.63, 3.8) is 0 Å². The predicted molar refractivity (Wildman–Crippen MR) is 107 cm³/mol. The molecule has 1 aromatic carbocycles. The van der Waals surface area contributed by atoms with Crippen LogP contribution in [0.3, 0.4) is 0 Å². The molecule has 0 radical (unpaired) electrons. The smallest absolute Gasteiger partial charge is 0.214 e. The average Bonchev–Trinajstić information content (AvgIpc) is 3.13. The van der Waals surface area contributed by atoms with Crippen LogP contribution in [0, 0.1) is 0 Å². The monoisotopic (exact) mass is 373 g/mol. The summed E-state index contributed by atoms with van der Waals surface area (Å²) in [5.74, 6) is 0.872. The third kappa shape index (κ3) is 3.99. The Bertz CT molecular complexity index is 846. The van der Waals surface area contributed by atoms with Crippen molar-refractivity contribution >= 4 is 21.4 Å². The first kappa shape index (κ1) is 18.7. The maximum atomic E-state index is 5.35. The Labute approximate surface area is 158 Å². The van der Waals surface area contributed by atoms with E-state index >= 15 is 0 Å². The van der Waals surface area contributed by atoms with E-state index in [0.717, 1.165) is 28.1 Å². The topological polar surface area (TPSA) is 54.7 Å². The highest BCUT2D eigenvalue weighted by atomic mass is 32.1. The van der Waals surface area contributed by atoms with E-state index < -0.39 is 0 Å². The zero-order valence-electron chi connectivity index (χ0n) is 16.3. The number of methoxy groups -OCH3 is 1. The number of fused-ring (bicyclic) bond motifs is 1. The van der Waals surface area contributed by atoms with Crippen molar-refractivity contribution in [3.8, 4) is 5.75 Å². The van der Waals surface area contributed by atoms with Gasteiger partial charge >= 0.3 is 0 Å². The van der Waals surface area contributed by atoms with Gasteiger partial charge in [-0.2, -0.15) is 0 Å². The Kier molecular flexibility index (Phi) is 5.20. The summed E-state index contributed by atoms with van der Waals surface area (Å²) in [6.07, 6.45) is 2.02. The zero-order valence-corrected chi connectivity index (χ0v) is 17.1. The van der Waals surface area contributed by atoms with Gasteiger partial charge in [-0.25, -0.2) is 9.50 Å². The van der Waals surface area contributed by atoms with Crippen LogP contribution < -0.4 is 10.1 Å². The maximum Gasteiger partial charge on any atom is 0.214 e. The molecule has 0 unspecified atom stereocenters. The number of rotatable bonds is 6. The van der Waals surface area contributed by atoms with Crippen LogP contribution in [0.4, 0.5) is 5.13 Å². The minimum atomic E-state index is 0.0311. The molecule has 0 aliphatic heterocycles. The van der Waals surface area contributed by atoms with Crippen molar-refractivity contribution in [2.75, 3.05) is 33.1 Å². The lowest BCUT2D eigenvalue weighted by atomic mass is 9.93. The lowest BCUT2D eigenvalue weighted by molar-refractivity contribution is 0.310. The number of nitrogens with one attached hydrogen (secondary N) is 1. The highest BCUT2D eigenvalue weighted by molar-refractivity contribution is 7.20. The summed E-state index contributed by atoms with van der Waals surface area (Å²) in [4.78, 5) is 7.81. The van der Waals surface area contributed by atoms with Crippen molar-refractivity contribution < 1.29 is 4.74 Å². The minimum absolute atomic E-state index is 0.0311. The van der Waals surface area contributed by atoms with Crippen molar-refractivity contribution in [1.29, 1.82) is 0 Å². The predicted octanol–water partition coefficient (Wildman–Crippen LogP) is 3.81. The van der Waals surface area contributed by atoms with Crippen LogP contribution in [0.5, 0.6) is 5.75 Å². The van der Waals surface area contributed by atoms with Gasteiger partial charge in [-0.1, -0.05) is 44.2 Å². The van der Waals surface area contributed by atoms with Crippen LogP contribution in [-0.4, -0.2) is 47.2 Å². The molecule has 0 saturated carbocycles. The molecule has 1 N–H and O–H groups in total. The summed E-state index contributed by atoms with van der Waals surface area (Å²) >= 11 is 1.58. The van der Waals surface area contributed by atoms with Crippen LogP contribution in [0.15, 0.2) is 30.5 Å². The average molecular weight is 374 g/mol. The summed E-state index contributed by atoms with van der Waals surface area (Å²) in [5.41, 5.74) is 2.30. The van der Waals surface area contributed by atoms with Crippen LogP contribution in [0.25, 0.3) is 4.96 Å². The molecule has 140 valence electrons. The fourth-order valence-corrected chi connectivity index (χ4v) is 3.55. The molecule has 0 spiro atoms. The maximum absolute atomic E-state index is 5.35. The first-order chi connectivity index (χ1) is 12.3. The molecule has 0 aliphatic rings. The fraction of sp³-hybridized carbons (Fsp3) is 0.474. The van der Waals surface area contributed by atoms with Crippen molar-refractivity contribution in [2.24, 2.45) is 0 Å². The second kappa shape index (κ2) is 7.25. The highest BCUT2D eigenvalue weighted by Gasteiger charge is 2.20. The first-order valence-corrected chi connectivity index (χ1v) is 9.50. The molecule has 1 atom stereocenters. The van der Waals surface area contributed by atoms with Gasteiger partial charge in [0.15, 0.2) is 0 Å². The summed E-state index contributed by atoms with van der Waals surface area (Å²) in [5, 5.41) is 8.96. The summed E-state index contributed by atoms with van der Waals surface area (Å²) < 4.78 is 7.22. The van der Waals surface area contributed by atoms with E-state index in [4.69, 9.17) is 9.72 Å². The molecule has 26 heavy (non-hydrogen) atoms. The number of ether oxygens (including phenoxy) is 1. The molecule has 3 rings (SSSR count). The van der Waals surface area contributed by atoms with E-state index in [1.807, 2.05) is 22.8 Å². The van der Waals surface area contributed by atoms with Gasteiger partial charge in [0.2, 0.25) is 10.1 Å². The number of likely N-dealkylation sites (N-methyl/N-ethyl adjacent to an activating group) is 1. The van der Waals surface area contributed by atoms with Crippen molar-refractivity contribution in [2.45, 2.75) is 32.2 Å². The number of aromatic nitrogens is 3. The molecule has 0 amide bonds. The van der Waals surface area contributed by atoms with Crippen molar-refractivity contribution in [1.82, 2.24) is 19.5 Å². The Morgan fingerprint density at radius 1 is 1.31 bits per heavy atom. The number of imidazole rings is 1. The van der Waals surface area contributed by atoms with Gasteiger partial charge < -0.3 is 15.0 Å². The van der Waals surface area contributed by atoms with E-state index in [0.29, 0.717) is 0 Å². The number of anilines is 1. The molecule has 7 heteroatoms. The van der Waals surface area contributed by atoms with E-state index in [9.17, 15) is 0 Å². The van der Waals surface area contributed by atoms with Crippen LogP contribution in [-0.2, 0) is 5.41 Å². The van der Waals surface area contributed by atoms with Gasteiger partial charge in [-0.05, 0) is 31.8 Å². The quantitative estimate of drug-likeness (QED) is 0.712. The van der Waals surface area contributed by atoms with Crippen molar-refractivity contribution in [3.05, 3.63) is 41.7 Å². The van der Waals surface area contributed by atoms with E-state index in [2.05, 4.69) is 62.3 Å². The molecule has 0 aliphatic carbocycles. The van der Waals surface area contributed by atoms with Gasteiger partial charge in [0, 0.05) is 12.0 Å². The van der Waals surface area contributed by atoms with Gasteiger partial charge in [-0.3, -0.25) is 0 Å². The lowest BCUT2D eigenvalue weighted by Gasteiger charge is -2.25. The summed E-state index contributed by atoms with van der Waals surface area (Å²) in [7, 11) is 5.85. The third-order valence-electron chi connectivity index (χ3n) is 4.36. The van der Waals surface area contributed by atoms with Gasteiger partial charge in [0.05, 0.1) is 25.0 Å². The van der Waals surface area contributed by atoms with Gasteiger partial charge in [0.25, 0.3) is 0 Å². The molecule has 2 heterocycles. The number of benzene rings is 1. The first-order valence-electron chi connectivity index (χ1n) is 8.69. The molecule has 0 fully saturated rings. The second-order valence-electron chi connectivity index (χ2n) is 7.65. The normalized spacial score (nSPS) is 13.3. The van der Waals surface area contributed by atoms with Gasteiger partial charge in [-0.15, -0.1) is 5.10 Å². The zero-order chi connectivity index (χ0) is 18.9. The second-order valence-corrected chi connectivity index (χ2v) is 8.60. The number of hydrogen-bond donors (Lipinski definition) is 1. The molecular weight excluding hydrogens is 346 g/mol. The van der Waals surface area contributed by atoms with E-state index in [-0.39, 0.29) is 11.5 Å². The van der Waals surface area contributed by atoms with E-state index in [1.165, 1.54) is 5.56 Å². The fourth-order valence-electron chi connectivity index (χ4n) is 2.76. The third-order valence-corrected chi connectivity index (χ3v) is 5.24. The summed E-state index contributed by atoms with van der Waals surface area (Å²) in [6.45, 7) is 7.24. The Hall–Kier alpha value is -2.12. The number of nitrogens with zero attached hydrogens (tertiary/aromatic N) is 4. The van der Waals surface area contributed by atoms with Crippen LogP contribution in [0.2, 0.25) is 0 Å². The Morgan fingerprint density at radius 3 is 2.69 bits per heavy atom. The molecule has 3 aromatic rings. The molecular formula is C19H27N5OS. The molecule has 6 nitrogen and oxygen atoms in total. The molecule has 0 bridgehead atoms. The lowest BCUT2D eigenvalue weighted by Crippen LogP contribution is -2.26. The SMILES string of the molecule is COc1cccc([C@H](CNc2nn3cc(C(C)(C)C)nc3s2)N(C)C)c1. The van der Waals surface area contributed by atoms with Crippen LogP contribution >= 0.6 is 11.3 Å².